The minimum atomic E-state index is -0.571. The van der Waals surface area contributed by atoms with E-state index in [1.165, 1.54) is 12.1 Å². The van der Waals surface area contributed by atoms with Gasteiger partial charge in [0, 0.05) is 25.2 Å². The number of phenols is 1. The van der Waals surface area contributed by atoms with Gasteiger partial charge < -0.3 is 15.3 Å². The normalized spacial score (nSPS) is 18.6. The van der Waals surface area contributed by atoms with Crippen molar-refractivity contribution in [3.63, 3.8) is 0 Å². The van der Waals surface area contributed by atoms with Crippen LogP contribution < -0.4 is 5.32 Å². The van der Waals surface area contributed by atoms with Crippen LogP contribution in [0.4, 0.5) is 16.2 Å². The highest BCUT2D eigenvalue weighted by Gasteiger charge is 2.22. The molecule has 1 aliphatic rings. The second kappa shape index (κ2) is 5.77. The third-order valence-electron chi connectivity index (χ3n) is 3.38. The Morgan fingerprint density at radius 3 is 2.95 bits per heavy atom. The van der Waals surface area contributed by atoms with E-state index >= 15 is 0 Å². The van der Waals surface area contributed by atoms with E-state index in [9.17, 15) is 20.0 Å². The van der Waals surface area contributed by atoms with Crippen molar-refractivity contribution in [1.82, 2.24) is 4.90 Å². The molecule has 7 nitrogen and oxygen atoms in total. The first-order valence-electron chi connectivity index (χ1n) is 6.50. The van der Waals surface area contributed by atoms with Crippen LogP contribution >= 0.6 is 0 Å². The number of piperidine rings is 1. The van der Waals surface area contributed by atoms with E-state index in [0.717, 1.165) is 18.9 Å². The molecule has 0 saturated carbocycles. The summed E-state index contributed by atoms with van der Waals surface area (Å²) < 4.78 is 0. The van der Waals surface area contributed by atoms with E-state index in [1.807, 2.05) is 0 Å². The molecule has 1 heterocycles. The van der Waals surface area contributed by atoms with Gasteiger partial charge in [0.15, 0.2) is 0 Å². The van der Waals surface area contributed by atoms with Crippen molar-refractivity contribution in [2.75, 3.05) is 18.4 Å². The van der Waals surface area contributed by atoms with Crippen molar-refractivity contribution in [3.8, 4) is 5.75 Å². The second-order valence-electron chi connectivity index (χ2n) is 5.08. The van der Waals surface area contributed by atoms with Gasteiger partial charge in [0.1, 0.15) is 5.75 Å². The maximum absolute atomic E-state index is 12.1. The van der Waals surface area contributed by atoms with Crippen LogP contribution in [0.25, 0.3) is 0 Å². The molecule has 1 aliphatic heterocycles. The van der Waals surface area contributed by atoms with Crippen LogP contribution in [0, 0.1) is 16.0 Å². The summed E-state index contributed by atoms with van der Waals surface area (Å²) in [5, 5.41) is 22.9. The fourth-order valence-corrected chi connectivity index (χ4v) is 2.31. The van der Waals surface area contributed by atoms with E-state index in [2.05, 4.69) is 12.2 Å². The van der Waals surface area contributed by atoms with Crippen LogP contribution in [0.2, 0.25) is 0 Å². The van der Waals surface area contributed by atoms with E-state index in [0.29, 0.717) is 19.0 Å². The Balaban J connectivity index is 2.10. The SMILES string of the molecule is CC1CCCN(C(=O)Nc2cc([N+](=O)[O-])ccc2O)C1. The minimum absolute atomic E-state index is 0.0578. The Kier molecular flexibility index (Phi) is 4.07. The number of phenolic OH excluding ortho intramolecular Hbond substituents is 1. The van der Waals surface area contributed by atoms with E-state index in [-0.39, 0.29) is 23.2 Å². The lowest BCUT2D eigenvalue weighted by Crippen LogP contribution is -2.41. The number of non-ortho nitro benzene ring substituents is 1. The van der Waals surface area contributed by atoms with Gasteiger partial charge in [0.05, 0.1) is 10.6 Å². The van der Waals surface area contributed by atoms with E-state index in [4.69, 9.17) is 0 Å². The molecule has 1 saturated heterocycles. The summed E-state index contributed by atoms with van der Waals surface area (Å²) in [6.07, 6.45) is 2.03. The van der Waals surface area contributed by atoms with Crippen molar-refractivity contribution in [1.29, 1.82) is 0 Å². The number of nitrogens with one attached hydrogen (secondary N) is 1. The third kappa shape index (κ3) is 3.17. The molecule has 2 amide bonds. The largest absolute Gasteiger partial charge is 0.506 e. The molecule has 0 aliphatic carbocycles. The second-order valence-corrected chi connectivity index (χ2v) is 5.08. The van der Waals surface area contributed by atoms with Crippen molar-refractivity contribution >= 4 is 17.4 Å². The predicted molar refractivity (Wildman–Crippen MR) is 73.8 cm³/mol. The summed E-state index contributed by atoms with van der Waals surface area (Å²) in [7, 11) is 0. The van der Waals surface area contributed by atoms with Gasteiger partial charge in [-0.1, -0.05) is 6.92 Å². The summed E-state index contributed by atoms with van der Waals surface area (Å²) in [6.45, 7) is 3.39. The van der Waals surface area contributed by atoms with Gasteiger partial charge in [-0.2, -0.15) is 0 Å². The summed E-state index contributed by atoms with van der Waals surface area (Å²) in [4.78, 5) is 23.9. The molecule has 20 heavy (non-hydrogen) atoms. The number of carbonyl (C=O) groups excluding carboxylic acids is 1. The number of nitro groups is 1. The molecule has 2 rings (SSSR count). The number of anilines is 1. The molecule has 0 spiro atoms. The Labute approximate surface area is 116 Å². The third-order valence-corrected chi connectivity index (χ3v) is 3.38. The number of nitro benzene ring substituents is 1. The molecule has 0 radical (unpaired) electrons. The average Bonchev–Trinajstić information content (AvgIpc) is 2.41. The molecule has 1 atom stereocenters. The summed E-state index contributed by atoms with van der Waals surface area (Å²) in [6, 6.07) is 3.20. The van der Waals surface area contributed by atoms with Crippen LogP contribution in [0.1, 0.15) is 19.8 Å². The number of amides is 2. The monoisotopic (exact) mass is 279 g/mol. The van der Waals surface area contributed by atoms with Crippen LogP contribution in [0.15, 0.2) is 18.2 Å². The summed E-state index contributed by atoms with van der Waals surface area (Å²) in [5.41, 5.74) is -0.118. The van der Waals surface area contributed by atoms with Crippen LogP contribution in [0.3, 0.4) is 0 Å². The highest BCUT2D eigenvalue weighted by Crippen LogP contribution is 2.28. The lowest BCUT2D eigenvalue weighted by molar-refractivity contribution is -0.384. The number of rotatable bonds is 2. The standard InChI is InChI=1S/C13H17N3O4/c1-9-3-2-6-15(8-9)13(18)14-11-7-10(16(19)20)4-5-12(11)17/h4-5,7,9,17H,2-3,6,8H2,1H3,(H,14,18). The molecule has 2 N–H and O–H groups in total. The topological polar surface area (TPSA) is 95.7 Å². The number of hydrogen-bond acceptors (Lipinski definition) is 4. The highest BCUT2D eigenvalue weighted by molar-refractivity contribution is 5.91. The molecular weight excluding hydrogens is 262 g/mol. The Bertz CT molecular complexity index is 532. The first kappa shape index (κ1) is 14.1. The average molecular weight is 279 g/mol. The zero-order valence-electron chi connectivity index (χ0n) is 11.2. The van der Waals surface area contributed by atoms with Crippen LogP contribution in [-0.4, -0.2) is 34.1 Å². The lowest BCUT2D eigenvalue weighted by atomic mass is 10.0. The molecular formula is C13H17N3O4. The van der Waals surface area contributed by atoms with Gasteiger partial charge in [0.2, 0.25) is 0 Å². The number of urea groups is 1. The molecule has 0 bridgehead atoms. The Morgan fingerprint density at radius 1 is 1.55 bits per heavy atom. The van der Waals surface area contributed by atoms with E-state index in [1.54, 1.807) is 4.90 Å². The molecule has 1 aromatic rings. The van der Waals surface area contributed by atoms with Crippen molar-refractivity contribution in [2.45, 2.75) is 19.8 Å². The number of benzene rings is 1. The van der Waals surface area contributed by atoms with Crippen molar-refractivity contribution < 1.29 is 14.8 Å². The number of likely N-dealkylation sites (tertiary alicyclic amines) is 1. The molecule has 108 valence electrons. The maximum Gasteiger partial charge on any atom is 0.321 e. The number of hydrogen-bond donors (Lipinski definition) is 2. The first-order valence-corrected chi connectivity index (χ1v) is 6.50. The van der Waals surface area contributed by atoms with E-state index < -0.39 is 4.92 Å². The van der Waals surface area contributed by atoms with Gasteiger partial charge in [-0.05, 0) is 24.8 Å². The van der Waals surface area contributed by atoms with Crippen molar-refractivity contribution in [3.05, 3.63) is 28.3 Å². The lowest BCUT2D eigenvalue weighted by Gasteiger charge is -2.30. The molecule has 1 fully saturated rings. The summed E-state index contributed by atoms with van der Waals surface area (Å²) in [5.74, 6) is 0.252. The zero-order chi connectivity index (χ0) is 14.7. The van der Waals surface area contributed by atoms with Gasteiger partial charge in [-0.25, -0.2) is 4.79 Å². The van der Waals surface area contributed by atoms with Gasteiger partial charge in [0.25, 0.3) is 5.69 Å². The minimum Gasteiger partial charge on any atom is -0.506 e. The summed E-state index contributed by atoms with van der Waals surface area (Å²) >= 11 is 0. The quantitative estimate of drug-likeness (QED) is 0.494. The molecule has 1 aromatic carbocycles. The molecule has 7 heteroatoms. The smallest absolute Gasteiger partial charge is 0.321 e. The Morgan fingerprint density at radius 2 is 2.30 bits per heavy atom. The Hall–Kier alpha value is -2.31. The maximum atomic E-state index is 12.1. The number of aromatic hydroxyl groups is 1. The predicted octanol–water partition coefficient (Wildman–Crippen LogP) is 2.56. The highest BCUT2D eigenvalue weighted by atomic mass is 16.6. The molecule has 1 unspecified atom stereocenters. The fraction of sp³-hybridized carbons (Fsp3) is 0.462. The number of carbonyl (C=O) groups is 1. The number of nitrogens with zero attached hydrogens (tertiary/aromatic N) is 2. The van der Waals surface area contributed by atoms with Crippen LogP contribution in [-0.2, 0) is 0 Å². The van der Waals surface area contributed by atoms with Gasteiger partial charge >= 0.3 is 6.03 Å². The fourth-order valence-electron chi connectivity index (χ4n) is 2.31. The van der Waals surface area contributed by atoms with Gasteiger partial charge in [-0.3, -0.25) is 10.1 Å². The van der Waals surface area contributed by atoms with Crippen molar-refractivity contribution in [2.24, 2.45) is 5.92 Å². The first-order chi connectivity index (χ1) is 9.47. The van der Waals surface area contributed by atoms with Gasteiger partial charge in [-0.15, -0.1) is 0 Å². The zero-order valence-corrected chi connectivity index (χ0v) is 11.2. The molecule has 0 aromatic heterocycles. The van der Waals surface area contributed by atoms with Crippen LogP contribution in [0.5, 0.6) is 5.75 Å².